The number of aromatic carboxylic acids is 1. The van der Waals surface area contributed by atoms with Gasteiger partial charge in [-0.1, -0.05) is 0 Å². The third-order valence-corrected chi connectivity index (χ3v) is 6.80. The molecule has 0 unspecified atom stereocenters. The molecule has 0 aromatic carbocycles. The Morgan fingerprint density at radius 3 is 2.58 bits per heavy atom. The lowest BCUT2D eigenvalue weighted by atomic mass is 9.90. The maximum atomic E-state index is 11.4. The molecule has 0 saturated carbocycles. The number of carboxylic acid groups (broad SMARTS) is 1. The van der Waals surface area contributed by atoms with Gasteiger partial charge in [-0.25, -0.2) is 14.8 Å². The summed E-state index contributed by atoms with van der Waals surface area (Å²) in [5.41, 5.74) is 0.0918. The van der Waals surface area contributed by atoms with Gasteiger partial charge in [-0.2, -0.15) is 0 Å². The Bertz CT molecular complexity index is 823. The average Bonchev–Trinajstić information content (AvgIpc) is 3.23. The maximum absolute atomic E-state index is 11.4. The van der Waals surface area contributed by atoms with Crippen LogP contribution in [0.25, 0.3) is 10.2 Å². The van der Waals surface area contributed by atoms with Crippen LogP contribution in [0.3, 0.4) is 0 Å². The van der Waals surface area contributed by atoms with E-state index in [1.54, 1.807) is 0 Å². The molecule has 0 aliphatic carbocycles. The van der Waals surface area contributed by atoms with Crippen molar-refractivity contribution < 1.29 is 15.0 Å². The number of nitrogens with zero attached hydrogens (tertiary/aromatic N) is 4. The van der Waals surface area contributed by atoms with E-state index in [2.05, 4.69) is 19.8 Å². The van der Waals surface area contributed by atoms with Crippen LogP contribution in [-0.4, -0.2) is 69.4 Å². The van der Waals surface area contributed by atoms with Gasteiger partial charge in [-0.3, -0.25) is 0 Å². The highest BCUT2D eigenvalue weighted by atomic mass is 32.1. The molecule has 2 N–H and O–H groups in total. The molecular formula is C18H24N4O3S. The van der Waals surface area contributed by atoms with Crippen molar-refractivity contribution in [1.82, 2.24) is 14.9 Å². The predicted octanol–water partition coefficient (Wildman–Crippen LogP) is 2.13. The number of aromatic nitrogens is 2. The Morgan fingerprint density at radius 1 is 1.23 bits per heavy atom. The molecule has 0 atom stereocenters. The summed E-state index contributed by atoms with van der Waals surface area (Å²) in [6, 6.07) is 0. The van der Waals surface area contributed by atoms with E-state index in [0.29, 0.717) is 35.6 Å². The molecule has 0 amide bonds. The van der Waals surface area contributed by atoms with E-state index in [-0.39, 0.29) is 0 Å². The van der Waals surface area contributed by atoms with Crippen LogP contribution < -0.4 is 4.90 Å². The number of aliphatic hydroxyl groups is 1. The highest BCUT2D eigenvalue weighted by Crippen LogP contribution is 2.36. The monoisotopic (exact) mass is 376 g/mol. The van der Waals surface area contributed by atoms with E-state index < -0.39 is 11.6 Å². The van der Waals surface area contributed by atoms with E-state index >= 15 is 0 Å². The van der Waals surface area contributed by atoms with Gasteiger partial charge in [0.05, 0.1) is 11.0 Å². The normalized spacial score (nSPS) is 20.8. The fraction of sp³-hybridized carbons (Fsp3) is 0.611. The van der Waals surface area contributed by atoms with Crippen LogP contribution in [0.1, 0.15) is 40.9 Å². The molecule has 4 heterocycles. The Morgan fingerprint density at radius 2 is 1.92 bits per heavy atom. The number of β-amino-alcohol motifs (C(OH)–C–C–N with tert-alkyl or cyclic N) is 1. The number of anilines is 1. The summed E-state index contributed by atoms with van der Waals surface area (Å²) in [7, 11) is 0. The van der Waals surface area contributed by atoms with Gasteiger partial charge in [0, 0.05) is 19.6 Å². The fourth-order valence-corrected chi connectivity index (χ4v) is 5.13. The van der Waals surface area contributed by atoms with Crippen LogP contribution in [-0.2, 0) is 0 Å². The number of thiophene rings is 1. The Balaban J connectivity index is 1.55. The standard InChI is InChI=1S/C18H24N4O3S/c1-12-13-15(19-11-20-16(13)26-14(12)17(23)24)22-8-4-18(25,5-9-22)10-21-6-2-3-7-21/h11,25H,2-10H2,1H3,(H,23,24). The first-order valence-corrected chi connectivity index (χ1v) is 9.96. The van der Waals surface area contributed by atoms with Crippen molar-refractivity contribution in [1.29, 1.82) is 0 Å². The topological polar surface area (TPSA) is 89.8 Å². The first-order chi connectivity index (χ1) is 12.5. The minimum Gasteiger partial charge on any atom is -0.477 e. The van der Waals surface area contributed by atoms with Crippen LogP contribution in [0.5, 0.6) is 0 Å². The van der Waals surface area contributed by atoms with Crippen molar-refractivity contribution in [2.24, 2.45) is 0 Å². The summed E-state index contributed by atoms with van der Waals surface area (Å²) < 4.78 is 0. The Labute approximate surface area is 156 Å². The lowest BCUT2D eigenvalue weighted by Gasteiger charge is -2.40. The number of aryl methyl sites for hydroxylation is 1. The first-order valence-electron chi connectivity index (χ1n) is 9.14. The van der Waals surface area contributed by atoms with E-state index in [9.17, 15) is 15.0 Å². The van der Waals surface area contributed by atoms with E-state index in [1.807, 2.05) is 6.92 Å². The minimum atomic E-state index is -0.921. The molecule has 2 aliphatic rings. The van der Waals surface area contributed by atoms with Crippen molar-refractivity contribution >= 4 is 33.3 Å². The van der Waals surface area contributed by atoms with Crippen molar-refractivity contribution in [2.75, 3.05) is 37.6 Å². The van der Waals surface area contributed by atoms with Crippen LogP contribution in [0.15, 0.2) is 6.33 Å². The molecule has 2 fully saturated rings. The van der Waals surface area contributed by atoms with E-state index in [1.165, 1.54) is 30.5 Å². The summed E-state index contributed by atoms with van der Waals surface area (Å²) in [5, 5.41) is 21.2. The highest BCUT2D eigenvalue weighted by molar-refractivity contribution is 7.20. The van der Waals surface area contributed by atoms with Crippen LogP contribution in [0.2, 0.25) is 0 Å². The second-order valence-corrected chi connectivity index (χ2v) is 8.43. The number of hydrogen-bond donors (Lipinski definition) is 2. The molecule has 2 aromatic heterocycles. The molecular weight excluding hydrogens is 352 g/mol. The third kappa shape index (κ3) is 3.17. The zero-order valence-electron chi connectivity index (χ0n) is 14.9. The molecule has 0 bridgehead atoms. The van der Waals surface area contributed by atoms with Gasteiger partial charge in [-0.05, 0) is 51.3 Å². The van der Waals surface area contributed by atoms with Crippen molar-refractivity contribution in [2.45, 2.75) is 38.2 Å². The number of rotatable bonds is 4. The average molecular weight is 376 g/mol. The molecule has 2 saturated heterocycles. The molecule has 2 aromatic rings. The molecule has 0 spiro atoms. The summed E-state index contributed by atoms with van der Waals surface area (Å²) in [6.07, 6.45) is 5.35. The number of fused-ring (bicyclic) bond motifs is 1. The van der Waals surface area contributed by atoms with E-state index in [4.69, 9.17) is 0 Å². The number of hydrogen-bond acceptors (Lipinski definition) is 7. The summed E-state index contributed by atoms with van der Waals surface area (Å²) in [6.45, 7) is 6.18. The van der Waals surface area contributed by atoms with E-state index in [0.717, 1.165) is 36.4 Å². The lowest BCUT2D eigenvalue weighted by Crippen LogP contribution is -2.50. The van der Waals surface area contributed by atoms with Gasteiger partial charge in [0.15, 0.2) is 0 Å². The predicted molar refractivity (Wildman–Crippen MR) is 101 cm³/mol. The number of carboxylic acids is 1. The second kappa shape index (κ2) is 6.75. The summed E-state index contributed by atoms with van der Waals surface area (Å²) in [4.78, 5) is 25.7. The zero-order valence-corrected chi connectivity index (χ0v) is 15.8. The first kappa shape index (κ1) is 17.6. The quantitative estimate of drug-likeness (QED) is 0.845. The number of piperidine rings is 1. The highest BCUT2D eigenvalue weighted by Gasteiger charge is 2.35. The van der Waals surface area contributed by atoms with Crippen molar-refractivity contribution in [3.63, 3.8) is 0 Å². The zero-order chi connectivity index (χ0) is 18.3. The number of likely N-dealkylation sites (tertiary alicyclic amines) is 1. The molecule has 2 aliphatic heterocycles. The van der Waals surface area contributed by atoms with Gasteiger partial charge < -0.3 is 20.0 Å². The third-order valence-electron chi connectivity index (χ3n) is 5.61. The number of carbonyl (C=O) groups is 1. The van der Waals surface area contributed by atoms with Gasteiger partial charge >= 0.3 is 5.97 Å². The summed E-state index contributed by atoms with van der Waals surface area (Å²) in [5.74, 6) is -0.130. The van der Waals surface area contributed by atoms with Gasteiger partial charge in [0.1, 0.15) is 21.9 Å². The fourth-order valence-electron chi connectivity index (χ4n) is 4.15. The molecule has 7 nitrogen and oxygen atoms in total. The maximum Gasteiger partial charge on any atom is 0.346 e. The van der Waals surface area contributed by atoms with Crippen LogP contribution >= 0.6 is 11.3 Å². The van der Waals surface area contributed by atoms with Crippen LogP contribution in [0.4, 0.5) is 5.82 Å². The smallest absolute Gasteiger partial charge is 0.346 e. The van der Waals surface area contributed by atoms with Gasteiger partial charge in [-0.15, -0.1) is 11.3 Å². The lowest BCUT2D eigenvalue weighted by molar-refractivity contribution is -0.0111. The molecule has 4 rings (SSSR count). The SMILES string of the molecule is Cc1c(C(=O)O)sc2ncnc(N3CCC(O)(CN4CCCC4)CC3)c12. The Kier molecular flexibility index (Phi) is 4.58. The van der Waals surface area contributed by atoms with Crippen molar-refractivity contribution in [3.05, 3.63) is 16.8 Å². The molecule has 26 heavy (non-hydrogen) atoms. The molecule has 0 radical (unpaired) electrons. The molecule has 140 valence electrons. The molecule has 8 heteroatoms. The van der Waals surface area contributed by atoms with Gasteiger partial charge in [0.25, 0.3) is 0 Å². The van der Waals surface area contributed by atoms with Gasteiger partial charge in [0.2, 0.25) is 0 Å². The second-order valence-electron chi connectivity index (χ2n) is 7.43. The Hall–Kier alpha value is -1.77. The van der Waals surface area contributed by atoms with Crippen LogP contribution in [0, 0.1) is 6.92 Å². The minimum absolute atomic E-state index is 0.323. The van der Waals surface area contributed by atoms with Crippen molar-refractivity contribution in [3.8, 4) is 0 Å². The summed E-state index contributed by atoms with van der Waals surface area (Å²) >= 11 is 1.20. The largest absolute Gasteiger partial charge is 0.477 e.